The summed E-state index contributed by atoms with van der Waals surface area (Å²) in [5.74, 6) is 0.854. The summed E-state index contributed by atoms with van der Waals surface area (Å²) >= 11 is 0. The van der Waals surface area contributed by atoms with Gasteiger partial charge in [-0.05, 0) is 18.2 Å². The number of methoxy groups -OCH3 is 2. The molecule has 0 unspecified atom stereocenters. The maximum absolute atomic E-state index is 12.7. The Kier molecular flexibility index (Phi) is 4.36. The highest BCUT2D eigenvalue weighted by atomic mass is 32.3. The van der Waals surface area contributed by atoms with Gasteiger partial charge in [0.25, 0.3) is 0 Å². The standard InChI is InChI=1S/C13H16FNO5S/c1-19-10-3-4-12(20-2)9(5-10)6-13(16)15-7-11(8-15)21(14,17)18/h3-5,11H,6-8H2,1-2H3. The Balaban J connectivity index is 2.04. The van der Waals surface area contributed by atoms with Gasteiger partial charge in [0.1, 0.15) is 16.7 Å². The first kappa shape index (κ1) is 15.6. The molecule has 0 atom stereocenters. The molecule has 1 aromatic carbocycles. The first-order chi connectivity index (χ1) is 9.85. The zero-order valence-corrected chi connectivity index (χ0v) is 12.5. The van der Waals surface area contributed by atoms with E-state index in [2.05, 4.69) is 0 Å². The van der Waals surface area contributed by atoms with Crippen molar-refractivity contribution in [2.75, 3.05) is 27.3 Å². The number of hydrogen-bond donors (Lipinski definition) is 0. The van der Waals surface area contributed by atoms with Gasteiger partial charge in [-0.15, -0.1) is 3.89 Å². The van der Waals surface area contributed by atoms with Gasteiger partial charge in [-0.1, -0.05) is 0 Å². The van der Waals surface area contributed by atoms with E-state index in [1.807, 2.05) is 0 Å². The van der Waals surface area contributed by atoms with Crippen LogP contribution in [0.4, 0.5) is 3.89 Å². The molecule has 1 fully saturated rings. The maximum Gasteiger partial charge on any atom is 0.308 e. The van der Waals surface area contributed by atoms with Crippen molar-refractivity contribution in [3.8, 4) is 11.5 Å². The largest absolute Gasteiger partial charge is 0.497 e. The smallest absolute Gasteiger partial charge is 0.308 e. The van der Waals surface area contributed by atoms with Crippen molar-refractivity contribution in [2.45, 2.75) is 11.7 Å². The van der Waals surface area contributed by atoms with Crippen LogP contribution in [-0.2, 0) is 21.4 Å². The van der Waals surface area contributed by atoms with Crippen molar-refractivity contribution in [1.29, 1.82) is 0 Å². The molecule has 116 valence electrons. The van der Waals surface area contributed by atoms with Crippen molar-refractivity contribution >= 4 is 16.1 Å². The van der Waals surface area contributed by atoms with Crippen LogP contribution in [0, 0.1) is 0 Å². The van der Waals surface area contributed by atoms with E-state index in [0.717, 1.165) is 0 Å². The van der Waals surface area contributed by atoms with E-state index in [-0.39, 0.29) is 25.4 Å². The molecule has 1 aromatic rings. The van der Waals surface area contributed by atoms with E-state index in [9.17, 15) is 17.1 Å². The molecule has 21 heavy (non-hydrogen) atoms. The average Bonchev–Trinajstić information content (AvgIpc) is 2.35. The van der Waals surface area contributed by atoms with Gasteiger partial charge in [-0.25, -0.2) is 0 Å². The Labute approximate surface area is 122 Å². The third-order valence-corrected chi connectivity index (χ3v) is 4.52. The summed E-state index contributed by atoms with van der Waals surface area (Å²) < 4.78 is 44.3. The predicted molar refractivity (Wildman–Crippen MR) is 73.6 cm³/mol. The topological polar surface area (TPSA) is 72.9 Å². The second-order valence-electron chi connectivity index (χ2n) is 4.75. The fourth-order valence-electron chi connectivity index (χ4n) is 2.11. The normalized spacial score (nSPS) is 15.5. The Morgan fingerprint density at radius 3 is 2.52 bits per heavy atom. The van der Waals surface area contributed by atoms with Crippen LogP contribution in [0.5, 0.6) is 11.5 Å². The highest BCUT2D eigenvalue weighted by Crippen LogP contribution is 2.26. The SMILES string of the molecule is COc1ccc(OC)c(CC(=O)N2CC(S(=O)(=O)F)C2)c1. The lowest BCUT2D eigenvalue weighted by Crippen LogP contribution is -2.56. The molecular weight excluding hydrogens is 301 g/mol. The zero-order chi connectivity index (χ0) is 15.6. The second kappa shape index (κ2) is 5.88. The molecule has 0 aliphatic carbocycles. The van der Waals surface area contributed by atoms with E-state index < -0.39 is 15.5 Å². The molecule has 6 nitrogen and oxygen atoms in total. The van der Waals surface area contributed by atoms with E-state index in [1.165, 1.54) is 19.1 Å². The summed E-state index contributed by atoms with van der Waals surface area (Å²) in [6.07, 6.45) is 0.0411. The fourth-order valence-corrected chi connectivity index (χ4v) is 2.83. The van der Waals surface area contributed by atoms with Gasteiger partial charge in [-0.3, -0.25) is 4.79 Å². The summed E-state index contributed by atoms with van der Waals surface area (Å²) in [4.78, 5) is 13.4. The van der Waals surface area contributed by atoms with Gasteiger partial charge < -0.3 is 14.4 Å². The lowest BCUT2D eigenvalue weighted by atomic mass is 10.1. The van der Waals surface area contributed by atoms with Crippen LogP contribution in [0.3, 0.4) is 0 Å². The quantitative estimate of drug-likeness (QED) is 0.750. The average molecular weight is 317 g/mol. The molecule has 1 saturated heterocycles. The monoisotopic (exact) mass is 317 g/mol. The van der Waals surface area contributed by atoms with Gasteiger partial charge in [0.05, 0.1) is 20.6 Å². The van der Waals surface area contributed by atoms with Crippen LogP contribution in [-0.4, -0.2) is 51.8 Å². The van der Waals surface area contributed by atoms with Crippen molar-refractivity contribution in [2.24, 2.45) is 0 Å². The van der Waals surface area contributed by atoms with Gasteiger partial charge in [-0.2, -0.15) is 8.42 Å². The number of carbonyl (C=O) groups is 1. The third-order valence-electron chi connectivity index (χ3n) is 3.43. The fraction of sp³-hybridized carbons (Fsp3) is 0.462. The predicted octanol–water partition coefficient (Wildman–Crippen LogP) is 0.756. The van der Waals surface area contributed by atoms with Gasteiger partial charge in [0.15, 0.2) is 0 Å². The molecule has 1 aliphatic heterocycles. The third kappa shape index (κ3) is 3.44. The van der Waals surface area contributed by atoms with Crippen LogP contribution >= 0.6 is 0 Å². The highest BCUT2D eigenvalue weighted by Gasteiger charge is 2.39. The molecule has 0 aromatic heterocycles. The first-order valence-corrected chi connectivity index (χ1v) is 7.72. The number of benzene rings is 1. The van der Waals surface area contributed by atoms with E-state index in [4.69, 9.17) is 9.47 Å². The number of hydrogen-bond acceptors (Lipinski definition) is 5. The zero-order valence-electron chi connectivity index (χ0n) is 11.7. The minimum absolute atomic E-state index is 0.0411. The molecule has 0 radical (unpaired) electrons. The van der Waals surface area contributed by atoms with Crippen LogP contribution in [0.25, 0.3) is 0 Å². The van der Waals surface area contributed by atoms with Crippen molar-refractivity contribution in [3.05, 3.63) is 23.8 Å². The molecule has 1 aliphatic rings. The molecular formula is C13H16FNO5S. The Bertz CT molecular complexity index is 640. The van der Waals surface area contributed by atoms with Gasteiger partial charge >= 0.3 is 10.2 Å². The van der Waals surface area contributed by atoms with Gasteiger partial charge in [0.2, 0.25) is 5.91 Å². The first-order valence-electron chi connectivity index (χ1n) is 6.27. The maximum atomic E-state index is 12.7. The lowest BCUT2D eigenvalue weighted by molar-refractivity contribution is -0.133. The van der Waals surface area contributed by atoms with Crippen LogP contribution in [0.15, 0.2) is 18.2 Å². The Morgan fingerprint density at radius 2 is 2.00 bits per heavy atom. The number of ether oxygens (including phenoxy) is 2. The molecule has 0 bridgehead atoms. The number of halogens is 1. The summed E-state index contributed by atoms with van der Waals surface area (Å²) in [5, 5.41) is -1.10. The number of carbonyl (C=O) groups excluding carboxylic acids is 1. The molecule has 0 N–H and O–H groups in total. The van der Waals surface area contributed by atoms with Crippen LogP contribution in [0.1, 0.15) is 5.56 Å². The van der Waals surface area contributed by atoms with Crippen molar-refractivity contribution < 1.29 is 26.6 Å². The Morgan fingerprint density at radius 1 is 1.33 bits per heavy atom. The van der Waals surface area contributed by atoms with E-state index >= 15 is 0 Å². The summed E-state index contributed by atoms with van der Waals surface area (Å²) in [7, 11) is -1.56. The number of likely N-dealkylation sites (tertiary alicyclic amines) is 1. The van der Waals surface area contributed by atoms with Crippen molar-refractivity contribution in [3.63, 3.8) is 0 Å². The molecule has 0 spiro atoms. The van der Waals surface area contributed by atoms with E-state index in [1.54, 1.807) is 18.2 Å². The summed E-state index contributed by atoms with van der Waals surface area (Å²) in [5.41, 5.74) is 0.633. The number of nitrogens with zero attached hydrogens (tertiary/aromatic N) is 1. The van der Waals surface area contributed by atoms with Crippen molar-refractivity contribution in [1.82, 2.24) is 4.90 Å². The molecule has 8 heteroatoms. The second-order valence-corrected chi connectivity index (χ2v) is 6.37. The summed E-state index contributed by atoms with van der Waals surface area (Å²) in [6, 6.07) is 5.08. The molecule has 1 amide bonds. The number of rotatable bonds is 5. The lowest BCUT2D eigenvalue weighted by Gasteiger charge is -2.36. The minimum atomic E-state index is -4.57. The van der Waals surface area contributed by atoms with Gasteiger partial charge in [0, 0.05) is 18.7 Å². The summed E-state index contributed by atoms with van der Waals surface area (Å²) in [6.45, 7) is -0.214. The molecule has 1 heterocycles. The van der Waals surface area contributed by atoms with Crippen LogP contribution < -0.4 is 9.47 Å². The highest BCUT2D eigenvalue weighted by molar-refractivity contribution is 7.87. The minimum Gasteiger partial charge on any atom is -0.497 e. The molecule has 2 rings (SSSR count). The Hall–Kier alpha value is -1.83. The number of amides is 1. The van der Waals surface area contributed by atoms with Crippen LogP contribution in [0.2, 0.25) is 0 Å². The molecule has 0 saturated carbocycles. The van der Waals surface area contributed by atoms with E-state index in [0.29, 0.717) is 17.1 Å².